The van der Waals surface area contributed by atoms with Crippen LogP contribution in [0.4, 0.5) is 0 Å². The van der Waals surface area contributed by atoms with Gasteiger partial charge in [0, 0.05) is 6.54 Å². The Bertz CT molecular complexity index is 496. The van der Waals surface area contributed by atoms with Gasteiger partial charge >= 0.3 is 0 Å². The van der Waals surface area contributed by atoms with Crippen LogP contribution in [0.25, 0.3) is 0 Å². The van der Waals surface area contributed by atoms with Gasteiger partial charge in [-0.25, -0.2) is 0 Å². The highest BCUT2D eigenvalue weighted by Gasteiger charge is 2.22. The summed E-state index contributed by atoms with van der Waals surface area (Å²) in [4.78, 5) is 11.6. The van der Waals surface area contributed by atoms with Crippen LogP contribution in [0.5, 0.6) is 5.75 Å². The Morgan fingerprint density at radius 1 is 1.35 bits per heavy atom. The van der Waals surface area contributed by atoms with Gasteiger partial charge in [-0.3, -0.25) is 4.79 Å². The molecule has 2 N–H and O–H groups in total. The standard InChI is InChI=1S/C16H21NO3/c18-15-3-1-2-12-6-7-13(8-14(12)15)20-10-16(19)17-9-11-4-5-11/h6-8,11,15,18H,1-5,9-10H2,(H,17,19). The summed E-state index contributed by atoms with van der Waals surface area (Å²) in [6.07, 6.45) is 4.89. The molecule has 3 rings (SSSR count). The summed E-state index contributed by atoms with van der Waals surface area (Å²) < 4.78 is 5.51. The molecule has 108 valence electrons. The Labute approximate surface area is 119 Å². The predicted molar refractivity (Wildman–Crippen MR) is 75.6 cm³/mol. The van der Waals surface area contributed by atoms with Crippen molar-refractivity contribution in [1.29, 1.82) is 0 Å². The number of aliphatic hydroxyl groups is 1. The molecule has 1 saturated carbocycles. The highest BCUT2D eigenvalue weighted by molar-refractivity contribution is 5.77. The molecule has 2 aliphatic carbocycles. The highest BCUT2D eigenvalue weighted by Crippen LogP contribution is 2.32. The van der Waals surface area contributed by atoms with E-state index in [-0.39, 0.29) is 12.5 Å². The van der Waals surface area contributed by atoms with E-state index in [1.807, 2.05) is 18.2 Å². The fourth-order valence-corrected chi connectivity index (χ4v) is 2.62. The number of nitrogens with one attached hydrogen (secondary N) is 1. The van der Waals surface area contributed by atoms with E-state index < -0.39 is 6.10 Å². The van der Waals surface area contributed by atoms with Crippen LogP contribution < -0.4 is 10.1 Å². The van der Waals surface area contributed by atoms with Crippen molar-refractivity contribution in [3.05, 3.63) is 29.3 Å². The molecule has 0 heterocycles. The van der Waals surface area contributed by atoms with Crippen LogP contribution in [0.1, 0.15) is 42.9 Å². The molecule has 1 atom stereocenters. The van der Waals surface area contributed by atoms with Crippen LogP contribution in [-0.2, 0) is 11.2 Å². The number of carbonyl (C=O) groups is 1. The maximum absolute atomic E-state index is 11.6. The number of hydrogen-bond donors (Lipinski definition) is 2. The number of benzene rings is 1. The Morgan fingerprint density at radius 2 is 2.20 bits per heavy atom. The van der Waals surface area contributed by atoms with E-state index in [1.165, 1.54) is 18.4 Å². The first-order chi connectivity index (χ1) is 9.72. The van der Waals surface area contributed by atoms with E-state index in [0.717, 1.165) is 31.4 Å². The average Bonchev–Trinajstić information content (AvgIpc) is 3.28. The zero-order valence-corrected chi connectivity index (χ0v) is 11.6. The zero-order valence-electron chi connectivity index (χ0n) is 11.6. The van der Waals surface area contributed by atoms with Crippen LogP contribution in [0.3, 0.4) is 0 Å². The smallest absolute Gasteiger partial charge is 0.257 e. The lowest BCUT2D eigenvalue weighted by molar-refractivity contribution is -0.123. The van der Waals surface area contributed by atoms with Gasteiger partial charge in [-0.05, 0) is 61.3 Å². The van der Waals surface area contributed by atoms with Crippen molar-refractivity contribution in [2.45, 2.75) is 38.2 Å². The maximum Gasteiger partial charge on any atom is 0.257 e. The predicted octanol–water partition coefficient (Wildman–Crippen LogP) is 1.96. The largest absolute Gasteiger partial charge is 0.484 e. The van der Waals surface area contributed by atoms with Crippen molar-refractivity contribution in [3.8, 4) is 5.75 Å². The molecule has 0 radical (unpaired) electrons. The van der Waals surface area contributed by atoms with Crippen molar-refractivity contribution >= 4 is 5.91 Å². The summed E-state index contributed by atoms with van der Waals surface area (Å²) in [6, 6.07) is 5.74. The lowest BCUT2D eigenvalue weighted by Gasteiger charge is -2.21. The van der Waals surface area contributed by atoms with E-state index in [0.29, 0.717) is 11.7 Å². The zero-order chi connectivity index (χ0) is 13.9. The Kier molecular flexibility index (Phi) is 3.92. The third-order valence-electron chi connectivity index (χ3n) is 4.05. The lowest BCUT2D eigenvalue weighted by atomic mass is 9.89. The molecule has 0 spiro atoms. The monoisotopic (exact) mass is 275 g/mol. The number of ether oxygens (including phenoxy) is 1. The first kappa shape index (κ1) is 13.4. The van der Waals surface area contributed by atoms with Gasteiger partial charge in [0.05, 0.1) is 6.10 Å². The van der Waals surface area contributed by atoms with E-state index in [1.54, 1.807) is 0 Å². The van der Waals surface area contributed by atoms with Crippen molar-refractivity contribution in [3.63, 3.8) is 0 Å². The first-order valence-corrected chi connectivity index (χ1v) is 7.43. The van der Waals surface area contributed by atoms with Gasteiger partial charge in [-0.1, -0.05) is 6.07 Å². The molecule has 4 heteroatoms. The molecule has 0 aromatic heterocycles. The molecule has 20 heavy (non-hydrogen) atoms. The topological polar surface area (TPSA) is 58.6 Å². The van der Waals surface area contributed by atoms with Crippen LogP contribution in [-0.4, -0.2) is 24.2 Å². The molecule has 0 saturated heterocycles. The summed E-state index contributed by atoms with van der Waals surface area (Å²) in [5, 5.41) is 12.9. The number of carbonyl (C=O) groups excluding carboxylic acids is 1. The van der Waals surface area contributed by atoms with Gasteiger partial charge in [-0.2, -0.15) is 0 Å². The molecule has 1 amide bonds. The molecular formula is C16H21NO3. The number of aliphatic hydroxyl groups excluding tert-OH is 1. The Morgan fingerprint density at radius 3 is 3.00 bits per heavy atom. The van der Waals surface area contributed by atoms with Crippen molar-refractivity contribution in [1.82, 2.24) is 5.32 Å². The fraction of sp³-hybridized carbons (Fsp3) is 0.562. The number of fused-ring (bicyclic) bond motifs is 1. The minimum absolute atomic E-state index is 0.0433. The highest BCUT2D eigenvalue weighted by atomic mass is 16.5. The second-order valence-electron chi connectivity index (χ2n) is 5.80. The van der Waals surface area contributed by atoms with Gasteiger partial charge in [0.25, 0.3) is 5.91 Å². The average molecular weight is 275 g/mol. The fourth-order valence-electron chi connectivity index (χ4n) is 2.62. The maximum atomic E-state index is 11.6. The number of aryl methyl sites for hydroxylation is 1. The SMILES string of the molecule is O=C(COc1ccc2c(c1)C(O)CCC2)NCC1CC1. The quantitative estimate of drug-likeness (QED) is 0.863. The molecular weight excluding hydrogens is 254 g/mol. The number of amides is 1. The number of rotatable bonds is 5. The molecule has 0 bridgehead atoms. The van der Waals surface area contributed by atoms with Crippen molar-refractivity contribution in [2.24, 2.45) is 5.92 Å². The minimum Gasteiger partial charge on any atom is -0.484 e. The third-order valence-corrected chi connectivity index (χ3v) is 4.05. The van der Waals surface area contributed by atoms with E-state index in [4.69, 9.17) is 4.74 Å². The van der Waals surface area contributed by atoms with Gasteiger partial charge in [0.2, 0.25) is 0 Å². The van der Waals surface area contributed by atoms with E-state index in [9.17, 15) is 9.90 Å². The molecule has 2 aliphatic rings. The van der Waals surface area contributed by atoms with Gasteiger partial charge in [-0.15, -0.1) is 0 Å². The van der Waals surface area contributed by atoms with Crippen LogP contribution in [0.15, 0.2) is 18.2 Å². The minimum atomic E-state index is -0.397. The lowest BCUT2D eigenvalue weighted by Crippen LogP contribution is -2.30. The second-order valence-corrected chi connectivity index (χ2v) is 5.80. The molecule has 1 aromatic rings. The normalized spacial score (nSPS) is 21.1. The summed E-state index contributed by atoms with van der Waals surface area (Å²) in [6.45, 7) is 0.812. The summed E-state index contributed by atoms with van der Waals surface area (Å²) in [7, 11) is 0. The molecule has 1 aromatic carbocycles. The second kappa shape index (κ2) is 5.83. The van der Waals surface area contributed by atoms with Crippen molar-refractivity contribution < 1.29 is 14.6 Å². The van der Waals surface area contributed by atoms with Crippen LogP contribution >= 0.6 is 0 Å². The molecule has 4 nitrogen and oxygen atoms in total. The third kappa shape index (κ3) is 3.31. The van der Waals surface area contributed by atoms with Gasteiger partial charge < -0.3 is 15.2 Å². The molecule has 0 aliphatic heterocycles. The van der Waals surface area contributed by atoms with Gasteiger partial charge in [0.1, 0.15) is 5.75 Å². The number of hydrogen-bond acceptors (Lipinski definition) is 3. The molecule has 1 unspecified atom stereocenters. The Balaban J connectivity index is 1.54. The van der Waals surface area contributed by atoms with Gasteiger partial charge in [0.15, 0.2) is 6.61 Å². The molecule has 1 fully saturated rings. The Hall–Kier alpha value is -1.55. The van der Waals surface area contributed by atoms with E-state index in [2.05, 4.69) is 5.32 Å². The van der Waals surface area contributed by atoms with Crippen LogP contribution in [0.2, 0.25) is 0 Å². The van der Waals surface area contributed by atoms with Crippen molar-refractivity contribution in [2.75, 3.05) is 13.2 Å². The van der Waals surface area contributed by atoms with Crippen LogP contribution in [0, 0.1) is 5.92 Å². The summed E-state index contributed by atoms with van der Waals surface area (Å²) in [5.74, 6) is 1.26. The summed E-state index contributed by atoms with van der Waals surface area (Å²) >= 11 is 0. The van der Waals surface area contributed by atoms with E-state index >= 15 is 0 Å². The first-order valence-electron chi connectivity index (χ1n) is 7.43. The summed E-state index contributed by atoms with van der Waals surface area (Å²) in [5.41, 5.74) is 2.14.